The van der Waals surface area contributed by atoms with E-state index in [4.69, 9.17) is 16.3 Å². The molecule has 0 spiro atoms. The van der Waals surface area contributed by atoms with E-state index in [1.807, 2.05) is 20.8 Å². The summed E-state index contributed by atoms with van der Waals surface area (Å²) in [5.74, 6) is -0.547. The van der Waals surface area contributed by atoms with Gasteiger partial charge in [-0.2, -0.15) is 0 Å². The largest absolute Gasteiger partial charge is 0.368 e. The Morgan fingerprint density at radius 3 is 2.47 bits per heavy atom. The molecule has 106 valence electrons. The number of hydrogen-bond acceptors (Lipinski definition) is 2. The van der Waals surface area contributed by atoms with E-state index in [9.17, 15) is 9.18 Å². The predicted molar refractivity (Wildman–Crippen MR) is 75.1 cm³/mol. The molecule has 0 saturated heterocycles. The van der Waals surface area contributed by atoms with E-state index >= 15 is 0 Å². The van der Waals surface area contributed by atoms with E-state index in [-0.39, 0.29) is 17.2 Å². The second-order valence-corrected chi connectivity index (χ2v) is 4.83. The zero-order valence-electron chi connectivity index (χ0n) is 11.6. The van der Waals surface area contributed by atoms with Crippen LogP contribution in [0.3, 0.4) is 0 Å². The molecule has 0 unspecified atom stereocenters. The third-order valence-electron chi connectivity index (χ3n) is 3.45. The summed E-state index contributed by atoms with van der Waals surface area (Å²) in [6.07, 6.45) is 1.30. The van der Waals surface area contributed by atoms with Gasteiger partial charge in [-0.05, 0) is 31.4 Å². The van der Waals surface area contributed by atoms with Gasteiger partial charge in [-0.1, -0.05) is 37.6 Å². The molecule has 0 aliphatic heterocycles. The fraction of sp³-hybridized carbons (Fsp3) is 0.533. The Balaban J connectivity index is 2.97. The molecule has 0 heterocycles. The van der Waals surface area contributed by atoms with Gasteiger partial charge in [0.05, 0.1) is 5.02 Å². The molecule has 0 aliphatic rings. The van der Waals surface area contributed by atoms with Gasteiger partial charge in [-0.25, -0.2) is 4.39 Å². The first kappa shape index (κ1) is 16.1. The summed E-state index contributed by atoms with van der Waals surface area (Å²) in [6, 6.07) is 4.52. The van der Waals surface area contributed by atoms with Crippen LogP contribution in [0.5, 0.6) is 0 Å². The van der Waals surface area contributed by atoms with Gasteiger partial charge in [0.25, 0.3) is 0 Å². The number of ether oxygens (including phenoxy) is 1. The first-order valence-corrected chi connectivity index (χ1v) is 6.98. The molecule has 1 aromatic carbocycles. The molecular weight excluding hydrogens is 267 g/mol. The fourth-order valence-corrected chi connectivity index (χ4v) is 2.42. The number of ketones is 1. The molecule has 19 heavy (non-hydrogen) atoms. The molecule has 0 atom stereocenters. The standard InChI is InChI=1S/C15H20ClFO2/c1-4-15(5-2,19-6-3)13(18)10-11-8-7-9-12(17)14(11)16/h7-9H,4-6,10H2,1-3H3. The van der Waals surface area contributed by atoms with E-state index in [0.717, 1.165) is 0 Å². The highest BCUT2D eigenvalue weighted by Crippen LogP contribution is 2.27. The van der Waals surface area contributed by atoms with Gasteiger partial charge in [0.2, 0.25) is 0 Å². The van der Waals surface area contributed by atoms with Crippen molar-refractivity contribution in [3.8, 4) is 0 Å². The Hall–Kier alpha value is -0.930. The Labute approximate surface area is 118 Å². The average Bonchev–Trinajstić information content (AvgIpc) is 2.41. The SMILES string of the molecule is CCOC(CC)(CC)C(=O)Cc1cccc(F)c1Cl. The molecule has 4 heteroatoms. The van der Waals surface area contributed by atoms with Crippen molar-refractivity contribution < 1.29 is 13.9 Å². The van der Waals surface area contributed by atoms with Gasteiger partial charge in [0.15, 0.2) is 5.78 Å². The fourth-order valence-electron chi connectivity index (χ4n) is 2.22. The van der Waals surface area contributed by atoms with Crippen molar-refractivity contribution in [3.05, 3.63) is 34.6 Å². The summed E-state index contributed by atoms with van der Waals surface area (Å²) in [5, 5.41) is 0.0217. The number of Topliss-reactive ketones (excluding diaryl/α,β-unsaturated/α-hetero) is 1. The second kappa shape index (κ2) is 7.01. The average molecular weight is 287 g/mol. The third kappa shape index (κ3) is 3.54. The monoisotopic (exact) mass is 286 g/mol. The Morgan fingerprint density at radius 1 is 1.32 bits per heavy atom. The van der Waals surface area contributed by atoms with Crippen LogP contribution in [-0.2, 0) is 16.0 Å². The van der Waals surface area contributed by atoms with Crippen LogP contribution in [0.1, 0.15) is 39.2 Å². The summed E-state index contributed by atoms with van der Waals surface area (Å²) in [4.78, 5) is 12.4. The predicted octanol–water partition coefficient (Wildman–Crippen LogP) is 4.19. The zero-order chi connectivity index (χ0) is 14.5. The molecule has 0 bridgehead atoms. The molecule has 0 N–H and O–H groups in total. The highest BCUT2D eigenvalue weighted by molar-refractivity contribution is 6.31. The van der Waals surface area contributed by atoms with Gasteiger partial charge in [-0.15, -0.1) is 0 Å². The second-order valence-electron chi connectivity index (χ2n) is 4.45. The lowest BCUT2D eigenvalue weighted by Gasteiger charge is -2.30. The molecule has 1 rings (SSSR count). The van der Waals surface area contributed by atoms with Crippen LogP contribution >= 0.6 is 11.6 Å². The molecule has 0 fully saturated rings. The van der Waals surface area contributed by atoms with E-state index in [0.29, 0.717) is 25.0 Å². The Morgan fingerprint density at radius 2 is 1.95 bits per heavy atom. The highest BCUT2D eigenvalue weighted by atomic mass is 35.5. The quantitative estimate of drug-likeness (QED) is 0.751. The maximum Gasteiger partial charge on any atom is 0.169 e. The highest BCUT2D eigenvalue weighted by Gasteiger charge is 2.35. The van der Waals surface area contributed by atoms with Gasteiger partial charge in [0.1, 0.15) is 11.4 Å². The number of hydrogen-bond donors (Lipinski definition) is 0. The van der Waals surface area contributed by atoms with Crippen molar-refractivity contribution in [3.63, 3.8) is 0 Å². The summed E-state index contributed by atoms with van der Waals surface area (Å²) >= 11 is 5.88. The molecule has 0 aliphatic carbocycles. The summed E-state index contributed by atoms with van der Waals surface area (Å²) < 4.78 is 19.0. The minimum atomic E-state index is -0.787. The van der Waals surface area contributed by atoms with Crippen LogP contribution in [-0.4, -0.2) is 18.0 Å². The van der Waals surface area contributed by atoms with Gasteiger partial charge >= 0.3 is 0 Å². The first-order chi connectivity index (χ1) is 9.00. The normalized spacial score (nSPS) is 11.6. The van der Waals surface area contributed by atoms with Gasteiger partial charge in [-0.3, -0.25) is 4.79 Å². The molecule has 2 nitrogen and oxygen atoms in total. The molecule has 0 amide bonds. The smallest absolute Gasteiger partial charge is 0.169 e. The van der Waals surface area contributed by atoms with Crippen LogP contribution in [0.2, 0.25) is 5.02 Å². The topological polar surface area (TPSA) is 26.3 Å². The first-order valence-electron chi connectivity index (χ1n) is 6.60. The number of carbonyl (C=O) groups is 1. The maximum atomic E-state index is 13.4. The van der Waals surface area contributed by atoms with E-state index in [1.165, 1.54) is 6.07 Å². The number of rotatable bonds is 7. The number of halogens is 2. The van der Waals surface area contributed by atoms with Crippen molar-refractivity contribution in [2.75, 3.05) is 6.61 Å². The van der Waals surface area contributed by atoms with E-state index < -0.39 is 11.4 Å². The lowest BCUT2D eigenvalue weighted by Crippen LogP contribution is -2.41. The van der Waals surface area contributed by atoms with Crippen LogP contribution in [0.15, 0.2) is 18.2 Å². The van der Waals surface area contributed by atoms with Crippen molar-refractivity contribution in [1.82, 2.24) is 0 Å². The summed E-state index contributed by atoms with van der Waals surface area (Å²) in [5.41, 5.74) is -0.276. The van der Waals surface area contributed by atoms with Gasteiger partial charge < -0.3 is 4.74 Å². The maximum absolute atomic E-state index is 13.4. The van der Waals surface area contributed by atoms with Crippen molar-refractivity contribution in [2.45, 2.75) is 45.6 Å². The molecule has 0 saturated carbocycles. The van der Waals surface area contributed by atoms with Crippen molar-refractivity contribution in [1.29, 1.82) is 0 Å². The number of benzene rings is 1. The minimum absolute atomic E-state index is 0.0217. The lowest BCUT2D eigenvalue weighted by molar-refractivity contribution is -0.144. The third-order valence-corrected chi connectivity index (χ3v) is 3.88. The van der Waals surface area contributed by atoms with Crippen LogP contribution in [0, 0.1) is 5.82 Å². The zero-order valence-corrected chi connectivity index (χ0v) is 12.4. The lowest BCUT2D eigenvalue weighted by atomic mass is 9.88. The Kier molecular flexibility index (Phi) is 5.95. The summed E-state index contributed by atoms with van der Waals surface area (Å²) in [6.45, 7) is 6.18. The van der Waals surface area contributed by atoms with E-state index in [2.05, 4.69) is 0 Å². The van der Waals surface area contributed by atoms with Crippen LogP contribution < -0.4 is 0 Å². The van der Waals surface area contributed by atoms with Crippen molar-refractivity contribution >= 4 is 17.4 Å². The molecule has 0 aromatic heterocycles. The van der Waals surface area contributed by atoms with Crippen molar-refractivity contribution in [2.24, 2.45) is 0 Å². The van der Waals surface area contributed by atoms with Gasteiger partial charge in [0, 0.05) is 13.0 Å². The number of carbonyl (C=O) groups excluding carboxylic acids is 1. The minimum Gasteiger partial charge on any atom is -0.368 e. The molecular formula is C15H20ClFO2. The van der Waals surface area contributed by atoms with E-state index in [1.54, 1.807) is 12.1 Å². The van der Waals surface area contributed by atoms with Crippen LogP contribution in [0.25, 0.3) is 0 Å². The van der Waals surface area contributed by atoms with Crippen LogP contribution in [0.4, 0.5) is 4.39 Å². The molecule has 0 radical (unpaired) electrons. The molecule has 1 aromatic rings. The Bertz CT molecular complexity index is 442. The summed E-state index contributed by atoms with van der Waals surface area (Å²) in [7, 11) is 0.